The van der Waals surface area contributed by atoms with Crippen molar-refractivity contribution in [3.63, 3.8) is 0 Å². The van der Waals surface area contributed by atoms with E-state index in [0.29, 0.717) is 6.61 Å². The summed E-state index contributed by atoms with van der Waals surface area (Å²) in [6.07, 6.45) is 5.18. The third kappa shape index (κ3) is 2.75. The maximum absolute atomic E-state index is 10.5. The van der Waals surface area contributed by atoms with Crippen LogP contribution in [0.25, 0.3) is 0 Å². The molecule has 0 aromatic carbocycles. The standard InChI is InChI=1S/C13H19NO2S/c1-3-16-11-7-10(8-14-9-11)12(15)13(2)5-4-6-17-13/h7-9,12,15H,3-6H2,1-2H3. The average molecular weight is 253 g/mol. The van der Waals surface area contributed by atoms with Gasteiger partial charge in [-0.1, -0.05) is 0 Å². The lowest BCUT2D eigenvalue weighted by atomic mass is 9.94. The molecule has 1 aliphatic heterocycles. The summed E-state index contributed by atoms with van der Waals surface area (Å²) >= 11 is 1.85. The molecule has 4 heteroatoms. The molecule has 1 N–H and O–H groups in total. The van der Waals surface area contributed by atoms with Gasteiger partial charge in [-0.3, -0.25) is 4.98 Å². The molecule has 1 fully saturated rings. The lowest BCUT2D eigenvalue weighted by molar-refractivity contribution is 0.134. The van der Waals surface area contributed by atoms with Crippen LogP contribution in [0.5, 0.6) is 5.75 Å². The van der Waals surface area contributed by atoms with Gasteiger partial charge in [0.25, 0.3) is 0 Å². The van der Waals surface area contributed by atoms with Crippen molar-refractivity contribution in [2.24, 2.45) is 0 Å². The van der Waals surface area contributed by atoms with E-state index in [0.717, 1.165) is 23.5 Å². The first-order valence-electron chi connectivity index (χ1n) is 6.05. The van der Waals surface area contributed by atoms with Crippen LogP contribution < -0.4 is 4.74 Å². The minimum absolute atomic E-state index is 0.0769. The highest BCUT2D eigenvalue weighted by Gasteiger charge is 2.37. The van der Waals surface area contributed by atoms with Crippen molar-refractivity contribution < 1.29 is 9.84 Å². The van der Waals surface area contributed by atoms with E-state index >= 15 is 0 Å². The van der Waals surface area contributed by atoms with Crippen LogP contribution in [0.4, 0.5) is 0 Å². The molecule has 3 nitrogen and oxygen atoms in total. The molecule has 1 aliphatic rings. The van der Waals surface area contributed by atoms with E-state index in [1.54, 1.807) is 12.4 Å². The van der Waals surface area contributed by atoms with Gasteiger partial charge in [-0.15, -0.1) is 0 Å². The lowest BCUT2D eigenvalue weighted by Gasteiger charge is -2.29. The molecule has 1 aromatic heterocycles. The van der Waals surface area contributed by atoms with Crippen molar-refractivity contribution >= 4 is 11.8 Å². The Bertz CT molecular complexity index is 377. The third-order valence-electron chi connectivity index (χ3n) is 3.19. The minimum Gasteiger partial charge on any atom is -0.492 e. The normalized spacial score (nSPS) is 25.8. The smallest absolute Gasteiger partial charge is 0.137 e. The Morgan fingerprint density at radius 1 is 1.59 bits per heavy atom. The van der Waals surface area contributed by atoms with Gasteiger partial charge in [0.2, 0.25) is 0 Å². The molecule has 0 radical (unpaired) electrons. The number of aromatic nitrogens is 1. The van der Waals surface area contributed by atoms with Crippen LogP contribution in [0.1, 0.15) is 38.4 Å². The Balaban J connectivity index is 2.18. The summed E-state index contributed by atoms with van der Waals surface area (Å²) in [7, 11) is 0. The fourth-order valence-corrected chi connectivity index (χ4v) is 3.54. The largest absolute Gasteiger partial charge is 0.492 e. The van der Waals surface area contributed by atoms with E-state index < -0.39 is 6.10 Å². The highest BCUT2D eigenvalue weighted by Crippen LogP contribution is 2.46. The minimum atomic E-state index is -0.470. The van der Waals surface area contributed by atoms with Crippen LogP contribution >= 0.6 is 11.8 Å². The van der Waals surface area contributed by atoms with Crippen LogP contribution in [0.3, 0.4) is 0 Å². The number of aliphatic hydroxyl groups excluding tert-OH is 1. The number of pyridine rings is 1. The molecule has 0 aliphatic carbocycles. The van der Waals surface area contributed by atoms with Crippen molar-refractivity contribution in [1.82, 2.24) is 4.98 Å². The van der Waals surface area contributed by atoms with Gasteiger partial charge in [0, 0.05) is 16.5 Å². The summed E-state index contributed by atoms with van der Waals surface area (Å²) in [6.45, 7) is 4.69. The van der Waals surface area contributed by atoms with Gasteiger partial charge >= 0.3 is 0 Å². The first-order chi connectivity index (χ1) is 8.15. The average Bonchev–Trinajstić information content (AvgIpc) is 2.77. The molecular weight excluding hydrogens is 234 g/mol. The Hall–Kier alpha value is -0.740. The molecule has 0 spiro atoms. The van der Waals surface area contributed by atoms with Gasteiger partial charge in [0.1, 0.15) is 5.75 Å². The molecule has 17 heavy (non-hydrogen) atoms. The second kappa shape index (κ2) is 5.27. The van der Waals surface area contributed by atoms with E-state index in [9.17, 15) is 5.11 Å². The zero-order chi connectivity index (χ0) is 12.3. The first kappa shape index (κ1) is 12.7. The molecular formula is C13H19NO2S. The first-order valence-corrected chi connectivity index (χ1v) is 7.04. The monoisotopic (exact) mass is 253 g/mol. The van der Waals surface area contributed by atoms with Crippen molar-refractivity contribution in [1.29, 1.82) is 0 Å². The highest BCUT2D eigenvalue weighted by molar-refractivity contribution is 8.00. The lowest BCUT2D eigenvalue weighted by Crippen LogP contribution is -2.26. The van der Waals surface area contributed by atoms with Gasteiger partial charge < -0.3 is 9.84 Å². The highest BCUT2D eigenvalue weighted by atomic mass is 32.2. The Kier molecular flexibility index (Phi) is 3.94. The number of nitrogens with zero attached hydrogens (tertiary/aromatic N) is 1. The molecule has 0 bridgehead atoms. The molecule has 0 amide bonds. The maximum Gasteiger partial charge on any atom is 0.137 e. The van der Waals surface area contributed by atoms with Crippen LogP contribution in [0.2, 0.25) is 0 Å². The summed E-state index contributed by atoms with van der Waals surface area (Å²) in [5.41, 5.74) is 0.854. The molecule has 94 valence electrons. The maximum atomic E-state index is 10.5. The number of aliphatic hydroxyl groups is 1. The molecule has 1 aromatic rings. The Morgan fingerprint density at radius 3 is 3.06 bits per heavy atom. The number of thioether (sulfide) groups is 1. The van der Waals surface area contributed by atoms with Crippen LogP contribution in [-0.4, -0.2) is 27.2 Å². The summed E-state index contributed by atoms with van der Waals surface area (Å²) < 4.78 is 5.33. The second-order valence-corrected chi connectivity index (χ2v) is 6.18. The van der Waals surface area contributed by atoms with Crippen molar-refractivity contribution in [2.45, 2.75) is 37.5 Å². The number of ether oxygens (including phenoxy) is 1. The van der Waals surface area contributed by atoms with Gasteiger partial charge in [-0.2, -0.15) is 11.8 Å². The molecule has 2 rings (SSSR count). The molecule has 1 saturated heterocycles. The zero-order valence-corrected chi connectivity index (χ0v) is 11.2. The van der Waals surface area contributed by atoms with E-state index in [4.69, 9.17) is 4.74 Å². The van der Waals surface area contributed by atoms with E-state index in [1.807, 2.05) is 24.8 Å². The van der Waals surface area contributed by atoms with E-state index in [2.05, 4.69) is 11.9 Å². The van der Waals surface area contributed by atoms with Gasteiger partial charge in [-0.05, 0) is 38.5 Å². The predicted octanol–water partition coefficient (Wildman–Crippen LogP) is 2.80. The van der Waals surface area contributed by atoms with Crippen LogP contribution in [-0.2, 0) is 0 Å². The summed E-state index contributed by atoms with van der Waals surface area (Å²) in [5, 5.41) is 10.5. The van der Waals surface area contributed by atoms with Gasteiger partial charge in [0.15, 0.2) is 0 Å². The SMILES string of the molecule is CCOc1cncc(C(O)C2(C)CCCS2)c1. The molecule has 2 unspecified atom stereocenters. The molecule has 2 heterocycles. The second-order valence-electron chi connectivity index (χ2n) is 4.55. The van der Waals surface area contributed by atoms with Gasteiger partial charge in [-0.25, -0.2) is 0 Å². The molecule has 2 atom stereocenters. The Labute approximate surface area is 107 Å². The van der Waals surface area contributed by atoms with Gasteiger partial charge in [0.05, 0.1) is 18.9 Å². The summed E-state index contributed by atoms with van der Waals surface area (Å²) in [6, 6.07) is 1.89. The fraction of sp³-hybridized carbons (Fsp3) is 0.615. The van der Waals surface area contributed by atoms with Crippen LogP contribution in [0.15, 0.2) is 18.5 Å². The van der Waals surface area contributed by atoms with Crippen molar-refractivity contribution in [3.05, 3.63) is 24.0 Å². The van der Waals surface area contributed by atoms with Crippen LogP contribution in [0, 0.1) is 0 Å². The molecule has 0 saturated carbocycles. The number of hydrogen-bond acceptors (Lipinski definition) is 4. The van der Waals surface area contributed by atoms with E-state index in [-0.39, 0.29) is 4.75 Å². The van der Waals surface area contributed by atoms with Crippen molar-refractivity contribution in [2.75, 3.05) is 12.4 Å². The van der Waals surface area contributed by atoms with Crippen molar-refractivity contribution in [3.8, 4) is 5.75 Å². The predicted molar refractivity (Wildman–Crippen MR) is 70.5 cm³/mol. The third-order valence-corrected chi connectivity index (χ3v) is 4.77. The fourth-order valence-electron chi connectivity index (χ4n) is 2.20. The zero-order valence-electron chi connectivity index (χ0n) is 10.3. The number of hydrogen-bond donors (Lipinski definition) is 1. The summed E-state index contributed by atoms with van der Waals surface area (Å²) in [5.74, 6) is 1.86. The topological polar surface area (TPSA) is 42.4 Å². The quantitative estimate of drug-likeness (QED) is 0.896. The Morgan fingerprint density at radius 2 is 2.41 bits per heavy atom. The number of rotatable bonds is 4. The van der Waals surface area contributed by atoms with E-state index in [1.165, 1.54) is 6.42 Å². The summed E-state index contributed by atoms with van der Waals surface area (Å²) in [4.78, 5) is 4.13.